The Hall–Kier alpha value is -7.42. The van der Waals surface area contributed by atoms with Crippen LogP contribution in [0.2, 0.25) is 0 Å². The van der Waals surface area contributed by atoms with Crippen molar-refractivity contribution in [3.05, 3.63) is 223 Å². The summed E-state index contributed by atoms with van der Waals surface area (Å²) in [6, 6.07) is 76.9. The number of nitrogens with zero attached hydrogens (tertiary/aromatic N) is 1. The highest BCUT2D eigenvalue weighted by Crippen LogP contribution is 2.52. The predicted octanol–water partition coefficient (Wildman–Crippen LogP) is 16.0. The van der Waals surface area contributed by atoms with E-state index in [1.165, 1.54) is 55.6 Å². The summed E-state index contributed by atoms with van der Waals surface area (Å²) >= 11 is 0. The Bertz CT molecular complexity index is 3160. The normalized spacial score (nSPS) is 12.7. The van der Waals surface area contributed by atoms with Gasteiger partial charge in [0, 0.05) is 33.1 Å². The number of rotatable bonds is 7. The van der Waals surface area contributed by atoms with Crippen molar-refractivity contribution in [2.45, 2.75) is 19.3 Å². The van der Waals surface area contributed by atoms with Gasteiger partial charge in [-0.2, -0.15) is 0 Å². The first-order chi connectivity index (χ1) is 29.0. The predicted molar refractivity (Wildman–Crippen MR) is 248 cm³/mol. The monoisotopic (exact) mass is 755 g/mol. The van der Waals surface area contributed by atoms with Crippen LogP contribution in [0, 0.1) is 0 Å². The van der Waals surface area contributed by atoms with Gasteiger partial charge in [0.2, 0.25) is 0 Å². The van der Waals surface area contributed by atoms with Crippen LogP contribution < -0.4 is 4.90 Å². The van der Waals surface area contributed by atoms with E-state index in [0.717, 1.165) is 50.1 Å². The molecule has 59 heavy (non-hydrogen) atoms. The zero-order valence-corrected chi connectivity index (χ0v) is 33.1. The molecule has 0 bridgehead atoms. The van der Waals surface area contributed by atoms with Crippen LogP contribution in [-0.2, 0) is 5.41 Å². The number of anilines is 3. The number of hydrogen-bond donors (Lipinski definition) is 0. The third-order valence-corrected chi connectivity index (χ3v) is 12.3. The van der Waals surface area contributed by atoms with Crippen molar-refractivity contribution in [1.29, 1.82) is 0 Å². The summed E-state index contributed by atoms with van der Waals surface area (Å²) in [6.07, 6.45) is 0. The van der Waals surface area contributed by atoms with E-state index < -0.39 is 0 Å². The summed E-state index contributed by atoms with van der Waals surface area (Å²) in [6.45, 7) is 4.71. The molecule has 0 radical (unpaired) electrons. The van der Waals surface area contributed by atoms with Crippen LogP contribution in [0.3, 0.4) is 0 Å². The number of para-hydroxylation sites is 1. The molecule has 11 rings (SSSR count). The molecule has 0 amide bonds. The Morgan fingerprint density at radius 1 is 0.373 bits per heavy atom. The van der Waals surface area contributed by atoms with Crippen molar-refractivity contribution in [1.82, 2.24) is 0 Å². The third-order valence-electron chi connectivity index (χ3n) is 12.3. The second kappa shape index (κ2) is 13.9. The van der Waals surface area contributed by atoms with Crippen LogP contribution in [-0.4, -0.2) is 0 Å². The Morgan fingerprint density at radius 2 is 0.915 bits per heavy atom. The van der Waals surface area contributed by atoms with Crippen LogP contribution in [0.5, 0.6) is 0 Å². The van der Waals surface area contributed by atoms with Crippen molar-refractivity contribution >= 4 is 39.0 Å². The van der Waals surface area contributed by atoms with Gasteiger partial charge < -0.3 is 9.32 Å². The summed E-state index contributed by atoms with van der Waals surface area (Å²) in [5.74, 6) is 0. The van der Waals surface area contributed by atoms with E-state index in [9.17, 15) is 0 Å². The molecule has 0 spiro atoms. The van der Waals surface area contributed by atoms with Gasteiger partial charge in [0.25, 0.3) is 0 Å². The largest absolute Gasteiger partial charge is 0.456 e. The van der Waals surface area contributed by atoms with Crippen molar-refractivity contribution in [3.63, 3.8) is 0 Å². The molecule has 2 heteroatoms. The lowest BCUT2D eigenvalue weighted by Gasteiger charge is -2.30. The maximum atomic E-state index is 6.58. The number of benzene rings is 9. The van der Waals surface area contributed by atoms with Crippen LogP contribution >= 0.6 is 0 Å². The molecule has 2 nitrogen and oxygen atoms in total. The summed E-state index contributed by atoms with van der Waals surface area (Å²) in [5.41, 5.74) is 19.6. The fourth-order valence-electron chi connectivity index (χ4n) is 9.32. The Labute approximate surface area is 345 Å². The molecule has 1 aliphatic carbocycles. The lowest BCUT2D eigenvalue weighted by Crippen LogP contribution is -2.17. The van der Waals surface area contributed by atoms with E-state index in [2.05, 4.69) is 231 Å². The first kappa shape index (κ1) is 34.8. The Balaban J connectivity index is 1.12. The van der Waals surface area contributed by atoms with E-state index in [-0.39, 0.29) is 5.41 Å². The van der Waals surface area contributed by atoms with Crippen molar-refractivity contribution < 1.29 is 4.42 Å². The molecule has 0 atom stereocenters. The molecular formula is C57H41NO. The highest BCUT2D eigenvalue weighted by Gasteiger charge is 2.36. The topological polar surface area (TPSA) is 16.4 Å². The van der Waals surface area contributed by atoms with Gasteiger partial charge in [0.05, 0.1) is 5.69 Å². The fourth-order valence-corrected chi connectivity index (χ4v) is 9.32. The van der Waals surface area contributed by atoms with Gasteiger partial charge in [-0.3, -0.25) is 0 Å². The second-order valence-corrected chi connectivity index (χ2v) is 16.1. The lowest BCUT2D eigenvalue weighted by atomic mass is 9.82. The van der Waals surface area contributed by atoms with E-state index in [4.69, 9.17) is 4.42 Å². The number of hydrogen-bond acceptors (Lipinski definition) is 2. The third kappa shape index (κ3) is 5.87. The quantitative estimate of drug-likeness (QED) is 0.161. The summed E-state index contributed by atoms with van der Waals surface area (Å²) in [7, 11) is 0. The van der Waals surface area contributed by atoms with E-state index >= 15 is 0 Å². The molecule has 1 heterocycles. The minimum Gasteiger partial charge on any atom is -0.456 e. The van der Waals surface area contributed by atoms with Crippen LogP contribution in [0.25, 0.3) is 77.6 Å². The molecule has 10 aromatic rings. The van der Waals surface area contributed by atoms with Gasteiger partial charge in [0.1, 0.15) is 11.2 Å². The molecule has 0 saturated heterocycles. The van der Waals surface area contributed by atoms with Crippen molar-refractivity contribution in [2.24, 2.45) is 0 Å². The molecule has 0 unspecified atom stereocenters. The average molecular weight is 756 g/mol. The maximum absolute atomic E-state index is 6.58. The van der Waals surface area contributed by atoms with Crippen LogP contribution in [0.15, 0.2) is 217 Å². The molecule has 0 saturated carbocycles. The highest BCUT2D eigenvalue weighted by molar-refractivity contribution is 6.16. The number of furan rings is 1. The second-order valence-electron chi connectivity index (χ2n) is 16.1. The van der Waals surface area contributed by atoms with Gasteiger partial charge in [-0.15, -0.1) is 0 Å². The highest BCUT2D eigenvalue weighted by atomic mass is 16.3. The van der Waals surface area contributed by atoms with Gasteiger partial charge in [-0.05, 0) is 110 Å². The number of fused-ring (bicyclic) bond motifs is 6. The molecule has 0 fully saturated rings. The van der Waals surface area contributed by atoms with Gasteiger partial charge >= 0.3 is 0 Å². The first-order valence-corrected chi connectivity index (χ1v) is 20.4. The van der Waals surface area contributed by atoms with Crippen molar-refractivity contribution in [2.75, 3.05) is 4.90 Å². The molecule has 1 aliphatic rings. The standard InChI is InChI=1S/C57H41NO/c1-57(2)50-22-11-9-20-47(50)48-33-32-46(37-51(48)57)58(45-30-28-42(29-31-45)41-26-24-40(25-27-41)38-14-5-3-6-15-38)52-34-35-54-56(49-21-10-12-23-53(49)59-54)55(52)44-19-13-18-43(36-44)39-16-7-4-8-17-39/h3-37H,1-2H3. The lowest BCUT2D eigenvalue weighted by molar-refractivity contribution is 0.660. The van der Waals surface area contributed by atoms with Gasteiger partial charge in [0.15, 0.2) is 0 Å². The zero-order valence-electron chi connectivity index (χ0n) is 33.1. The summed E-state index contributed by atoms with van der Waals surface area (Å²) in [5, 5.41) is 2.21. The summed E-state index contributed by atoms with van der Waals surface area (Å²) in [4.78, 5) is 2.45. The van der Waals surface area contributed by atoms with Crippen molar-refractivity contribution in [3.8, 4) is 55.6 Å². The molecule has 0 N–H and O–H groups in total. The molecule has 0 aliphatic heterocycles. The smallest absolute Gasteiger partial charge is 0.136 e. The van der Waals surface area contributed by atoms with Crippen LogP contribution in [0.1, 0.15) is 25.0 Å². The van der Waals surface area contributed by atoms with E-state index in [1.807, 2.05) is 0 Å². The Morgan fingerprint density at radius 3 is 1.64 bits per heavy atom. The van der Waals surface area contributed by atoms with Crippen LogP contribution in [0.4, 0.5) is 17.1 Å². The summed E-state index contributed by atoms with van der Waals surface area (Å²) < 4.78 is 6.58. The molecule has 9 aromatic carbocycles. The molecule has 1 aromatic heterocycles. The minimum absolute atomic E-state index is 0.152. The first-order valence-electron chi connectivity index (χ1n) is 20.4. The van der Waals surface area contributed by atoms with E-state index in [0.29, 0.717) is 0 Å². The zero-order chi connectivity index (χ0) is 39.5. The van der Waals surface area contributed by atoms with E-state index in [1.54, 1.807) is 0 Å². The average Bonchev–Trinajstić information content (AvgIpc) is 3.79. The fraction of sp³-hybridized carbons (Fsp3) is 0.0526. The van der Waals surface area contributed by atoms with Gasteiger partial charge in [-0.25, -0.2) is 0 Å². The Kier molecular flexibility index (Phi) is 8.20. The molecular weight excluding hydrogens is 715 g/mol. The minimum atomic E-state index is -0.152. The molecule has 280 valence electrons. The SMILES string of the molecule is CC1(C)c2ccccc2-c2ccc(N(c3ccc(-c4ccc(-c5ccccc5)cc4)cc3)c3ccc4oc5ccccc5c4c3-c3cccc(-c4ccccc4)c3)cc21. The van der Waals surface area contributed by atoms with Gasteiger partial charge in [-0.1, -0.05) is 178 Å². The maximum Gasteiger partial charge on any atom is 0.136 e.